The van der Waals surface area contributed by atoms with Crippen molar-refractivity contribution in [1.29, 1.82) is 0 Å². The van der Waals surface area contributed by atoms with Crippen molar-refractivity contribution in [2.75, 3.05) is 19.6 Å². The van der Waals surface area contributed by atoms with E-state index in [-0.39, 0.29) is 5.91 Å². The molecule has 1 N–H and O–H groups in total. The van der Waals surface area contributed by atoms with Crippen LogP contribution in [-0.2, 0) is 7.05 Å². The van der Waals surface area contributed by atoms with Gasteiger partial charge in [-0.05, 0) is 31.4 Å². The summed E-state index contributed by atoms with van der Waals surface area (Å²) in [6.07, 6.45) is 2.04. The lowest BCUT2D eigenvalue weighted by molar-refractivity contribution is 0.0697. The molecule has 3 rings (SSSR count). The van der Waals surface area contributed by atoms with E-state index in [4.69, 9.17) is 0 Å². The maximum absolute atomic E-state index is 13.1. The standard InChI is InChI=1S/C17H26N4OS/c1-5-8-21(12-6-7-18-10-12)16(22)14-9-13-15(11(2)3)19-20(4)17(13)23-14/h9,11-12,18H,5-8,10H2,1-4H3. The van der Waals surface area contributed by atoms with Gasteiger partial charge in [0.25, 0.3) is 5.91 Å². The largest absolute Gasteiger partial charge is 0.334 e. The van der Waals surface area contributed by atoms with Gasteiger partial charge in [0.1, 0.15) is 4.83 Å². The average Bonchev–Trinajstić information content (AvgIpc) is 3.21. The monoisotopic (exact) mass is 334 g/mol. The summed E-state index contributed by atoms with van der Waals surface area (Å²) in [7, 11) is 1.96. The van der Waals surface area contributed by atoms with E-state index in [1.54, 1.807) is 11.3 Å². The minimum absolute atomic E-state index is 0.177. The summed E-state index contributed by atoms with van der Waals surface area (Å²) in [6.45, 7) is 9.17. The van der Waals surface area contributed by atoms with Crippen LogP contribution in [0.1, 0.15) is 54.9 Å². The van der Waals surface area contributed by atoms with Crippen LogP contribution in [0, 0.1) is 0 Å². The quantitative estimate of drug-likeness (QED) is 0.914. The fraction of sp³-hybridized carbons (Fsp3) is 0.647. The third-order valence-corrected chi connectivity index (χ3v) is 5.69. The second-order valence-corrected chi connectivity index (χ2v) is 7.67. The Hall–Kier alpha value is -1.40. The number of carbonyl (C=O) groups is 1. The second-order valence-electron chi connectivity index (χ2n) is 6.64. The van der Waals surface area contributed by atoms with E-state index in [0.717, 1.165) is 53.3 Å². The minimum Gasteiger partial charge on any atom is -0.334 e. The van der Waals surface area contributed by atoms with Gasteiger partial charge in [-0.15, -0.1) is 11.3 Å². The minimum atomic E-state index is 0.177. The number of fused-ring (bicyclic) bond motifs is 1. The second kappa shape index (κ2) is 6.61. The van der Waals surface area contributed by atoms with Crippen LogP contribution in [0.15, 0.2) is 6.07 Å². The Morgan fingerprint density at radius 3 is 2.96 bits per heavy atom. The molecule has 0 aromatic carbocycles. The van der Waals surface area contributed by atoms with Gasteiger partial charge < -0.3 is 10.2 Å². The lowest BCUT2D eigenvalue weighted by atomic mass is 10.1. The Morgan fingerprint density at radius 1 is 1.57 bits per heavy atom. The van der Waals surface area contributed by atoms with Gasteiger partial charge in [-0.25, -0.2) is 0 Å². The molecular weight excluding hydrogens is 308 g/mol. The fourth-order valence-corrected chi connectivity index (χ4v) is 4.37. The number of amides is 1. The Morgan fingerprint density at radius 2 is 2.35 bits per heavy atom. The topological polar surface area (TPSA) is 50.2 Å². The molecule has 126 valence electrons. The highest BCUT2D eigenvalue weighted by Gasteiger charge is 2.28. The maximum Gasteiger partial charge on any atom is 0.264 e. The molecule has 0 aliphatic carbocycles. The van der Waals surface area contributed by atoms with Crippen LogP contribution in [-0.4, -0.2) is 46.3 Å². The van der Waals surface area contributed by atoms with E-state index in [0.29, 0.717) is 12.0 Å². The Labute approximate surface area is 141 Å². The molecule has 1 atom stereocenters. The van der Waals surface area contributed by atoms with Gasteiger partial charge in [-0.2, -0.15) is 5.10 Å². The summed E-state index contributed by atoms with van der Waals surface area (Å²) in [6, 6.07) is 2.38. The summed E-state index contributed by atoms with van der Waals surface area (Å²) in [5, 5.41) is 9.10. The van der Waals surface area contributed by atoms with E-state index in [2.05, 4.69) is 42.2 Å². The number of rotatable bonds is 5. The van der Waals surface area contributed by atoms with Crippen molar-refractivity contribution in [3.63, 3.8) is 0 Å². The van der Waals surface area contributed by atoms with E-state index >= 15 is 0 Å². The fourth-order valence-electron chi connectivity index (χ4n) is 3.34. The van der Waals surface area contributed by atoms with Crippen molar-refractivity contribution >= 4 is 27.5 Å². The van der Waals surface area contributed by atoms with Gasteiger partial charge in [0.2, 0.25) is 0 Å². The lowest BCUT2D eigenvalue weighted by Gasteiger charge is -2.27. The summed E-state index contributed by atoms with van der Waals surface area (Å²) < 4.78 is 1.91. The molecule has 23 heavy (non-hydrogen) atoms. The Balaban J connectivity index is 1.94. The van der Waals surface area contributed by atoms with Crippen molar-refractivity contribution in [3.8, 4) is 0 Å². The van der Waals surface area contributed by atoms with Crippen LogP contribution < -0.4 is 5.32 Å². The Kier molecular flexibility index (Phi) is 4.73. The maximum atomic E-state index is 13.1. The van der Waals surface area contributed by atoms with Crippen LogP contribution in [0.5, 0.6) is 0 Å². The lowest BCUT2D eigenvalue weighted by Crippen LogP contribution is -2.41. The summed E-state index contributed by atoms with van der Waals surface area (Å²) in [5.41, 5.74) is 1.09. The number of aromatic nitrogens is 2. The highest BCUT2D eigenvalue weighted by molar-refractivity contribution is 7.20. The van der Waals surface area contributed by atoms with Gasteiger partial charge in [0.05, 0.1) is 10.6 Å². The van der Waals surface area contributed by atoms with Crippen molar-refractivity contribution in [2.45, 2.75) is 45.6 Å². The SMILES string of the molecule is CCCN(C(=O)c1cc2c(C(C)C)nn(C)c2s1)C1CCNC1. The molecule has 1 aliphatic rings. The molecule has 0 bridgehead atoms. The average molecular weight is 334 g/mol. The zero-order valence-corrected chi connectivity index (χ0v) is 15.2. The highest BCUT2D eigenvalue weighted by atomic mass is 32.1. The molecule has 2 aromatic rings. The molecule has 3 heterocycles. The van der Waals surface area contributed by atoms with Gasteiger partial charge >= 0.3 is 0 Å². The highest BCUT2D eigenvalue weighted by Crippen LogP contribution is 2.32. The smallest absolute Gasteiger partial charge is 0.264 e. The number of hydrogen-bond donors (Lipinski definition) is 1. The zero-order valence-electron chi connectivity index (χ0n) is 14.4. The molecule has 0 saturated carbocycles. The van der Waals surface area contributed by atoms with Gasteiger partial charge in [0.15, 0.2) is 0 Å². The normalized spacial score (nSPS) is 18.2. The van der Waals surface area contributed by atoms with E-state index < -0.39 is 0 Å². The van der Waals surface area contributed by atoms with Crippen molar-refractivity contribution in [3.05, 3.63) is 16.6 Å². The molecule has 1 fully saturated rings. The molecule has 5 nitrogen and oxygen atoms in total. The molecule has 1 saturated heterocycles. The number of nitrogens with zero attached hydrogens (tertiary/aromatic N) is 3. The molecule has 0 spiro atoms. The van der Waals surface area contributed by atoms with Crippen molar-refractivity contribution in [1.82, 2.24) is 20.0 Å². The summed E-state index contributed by atoms with van der Waals surface area (Å²) in [4.78, 5) is 17.1. The molecular formula is C17H26N4OS. The number of nitrogens with one attached hydrogen (secondary N) is 1. The van der Waals surface area contributed by atoms with Crippen LogP contribution >= 0.6 is 11.3 Å². The molecule has 1 amide bonds. The molecule has 1 aliphatic heterocycles. The first kappa shape index (κ1) is 16.5. The zero-order chi connectivity index (χ0) is 16.6. The van der Waals surface area contributed by atoms with Gasteiger partial charge in [0, 0.05) is 31.6 Å². The van der Waals surface area contributed by atoms with E-state index in [1.807, 2.05) is 11.7 Å². The van der Waals surface area contributed by atoms with Crippen LogP contribution in [0.25, 0.3) is 10.2 Å². The number of hydrogen-bond acceptors (Lipinski definition) is 4. The van der Waals surface area contributed by atoms with Crippen LogP contribution in [0.3, 0.4) is 0 Å². The van der Waals surface area contributed by atoms with Gasteiger partial charge in [-0.3, -0.25) is 9.48 Å². The van der Waals surface area contributed by atoms with E-state index in [1.165, 1.54) is 0 Å². The van der Waals surface area contributed by atoms with Crippen LogP contribution in [0.2, 0.25) is 0 Å². The third-order valence-electron chi connectivity index (χ3n) is 4.50. The van der Waals surface area contributed by atoms with Crippen molar-refractivity contribution < 1.29 is 4.79 Å². The number of aryl methyl sites for hydroxylation is 1. The summed E-state index contributed by atoms with van der Waals surface area (Å²) >= 11 is 1.57. The first-order chi connectivity index (χ1) is 11.0. The van der Waals surface area contributed by atoms with Gasteiger partial charge in [-0.1, -0.05) is 20.8 Å². The molecule has 1 unspecified atom stereocenters. The predicted octanol–water partition coefficient (Wildman–Crippen LogP) is 2.97. The first-order valence-electron chi connectivity index (χ1n) is 8.51. The van der Waals surface area contributed by atoms with E-state index in [9.17, 15) is 4.79 Å². The first-order valence-corrected chi connectivity index (χ1v) is 9.32. The molecule has 0 radical (unpaired) electrons. The molecule has 2 aromatic heterocycles. The predicted molar refractivity (Wildman–Crippen MR) is 95.3 cm³/mol. The number of thiophene rings is 1. The van der Waals surface area contributed by atoms with Crippen molar-refractivity contribution in [2.24, 2.45) is 7.05 Å². The number of carbonyl (C=O) groups excluding carboxylic acids is 1. The Bertz CT molecular complexity index is 697. The molecule has 6 heteroatoms. The summed E-state index contributed by atoms with van der Waals surface area (Å²) in [5.74, 6) is 0.540. The third kappa shape index (κ3) is 3.02. The van der Waals surface area contributed by atoms with Crippen LogP contribution in [0.4, 0.5) is 0 Å².